The third-order valence-electron chi connectivity index (χ3n) is 1.49. The Labute approximate surface area is 98.6 Å². The first-order valence-electron chi connectivity index (χ1n) is 4.28. The van der Waals surface area contributed by atoms with Crippen molar-refractivity contribution in [2.24, 2.45) is 5.14 Å². The Morgan fingerprint density at radius 3 is 2.06 bits per heavy atom. The maximum atomic E-state index is 11.6. The summed E-state index contributed by atoms with van der Waals surface area (Å²) in [6, 6.07) is 2.13. The summed E-state index contributed by atoms with van der Waals surface area (Å²) in [7, 11) is -7.49. The summed E-state index contributed by atoms with van der Waals surface area (Å²) in [4.78, 5) is 0. The standard InChI is InChI=1S/C7H12N2O4S3/c1-5(2)9-16(12,13)7-4-3-6(14-7)15(8,10)11/h3-5,9H,1-2H3,(H2,8,10,11). The summed E-state index contributed by atoms with van der Waals surface area (Å²) in [5.74, 6) is 0. The maximum Gasteiger partial charge on any atom is 0.250 e. The molecular formula is C7H12N2O4S3. The molecular weight excluding hydrogens is 272 g/mol. The van der Waals surface area contributed by atoms with Gasteiger partial charge in [0.2, 0.25) is 20.0 Å². The normalized spacial score (nSPS) is 13.2. The third-order valence-corrected chi connectivity index (χ3v) is 6.17. The smallest absolute Gasteiger partial charge is 0.224 e. The average Bonchev–Trinajstić information content (AvgIpc) is 2.47. The zero-order valence-electron chi connectivity index (χ0n) is 8.67. The zero-order chi connectivity index (χ0) is 12.6. The van der Waals surface area contributed by atoms with Gasteiger partial charge >= 0.3 is 0 Å². The molecule has 6 nitrogen and oxygen atoms in total. The number of nitrogens with one attached hydrogen (secondary N) is 1. The van der Waals surface area contributed by atoms with E-state index in [1.54, 1.807) is 13.8 Å². The monoisotopic (exact) mass is 284 g/mol. The summed E-state index contributed by atoms with van der Waals surface area (Å²) >= 11 is 0.625. The van der Waals surface area contributed by atoms with Crippen LogP contribution in [-0.2, 0) is 20.0 Å². The van der Waals surface area contributed by atoms with E-state index >= 15 is 0 Å². The van der Waals surface area contributed by atoms with Crippen molar-refractivity contribution >= 4 is 31.4 Å². The zero-order valence-corrected chi connectivity index (χ0v) is 11.1. The Kier molecular flexibility index (Phi) is 3.75. The van der Waals surface area contributed by atoms with E-state index in [-0.39, 0.29) is 14.5 Å². The van der Waals surface area contributed by atoms with Crippen molar-refractivity contribution in [3.05, 3.63) is 12.1 Å². The van der Waals surface area contributed by atoms with Crippen LogP contribution in [0.25, 0.3) is 0 Å². The first-order valence-corrected chi connectivity index (χ1v) is 8.12. The Balaban J connectivity index is 3.13. The highest BCUT2D eigenvalue weighted by molar-refractivity contribution is 7.94. The highest BCUT2D eigenvalue weighted by Crippen LogP contribution is 2.24. The molecule has 0 aromatic carbocycles. The van der Waals surface area contributed by atoms with Crippen LogP contribution in [0.15, 0.2) is 20.6 Å². The van der Waals surface area contributed by atoms with E-state index < -0.39 is 20.0 Å². The Morgan fingerprint density at radius 1 is 1.19 bits per heavy atom. The second-order valence-electron chi connectivity index (χ2n) is 3.39. The molecule has 0 saturated carbocycles. The molecule has 1 aromatic rings. The fourth-order valence-electron chi connectivity index (χ4n) is 0.969. The second kappa shape index (κ2) is 4.41. The van der Waals surface area contributed by atoms with Gasteiger partial charge in [0.05, 0.1) is 0 Å². The van der Waals surface area contributed by atoms with E-state index in [2.05, 4.69) is 4.72 Å². The molecule has 0 aliphatic rings. The van der Waals surface area contributed by atoms with E-state index in [4.69, 9.17) is 5.14 Å². The lowest BCUT2D eigenvalue weighted by Crippen LogP contribution is -2.29. The molecule has 0 fully saturated rings. The van der Waals surface area contributed by atoms with Gasteiger partial charge in [0.15, 0.2) is 0 Å². The molecule has 92 valence electrons. The number of rotatable bonds is 4. The van der Waals surface area contributed by atoms with Gasteiger partial charge in [-0.25, -0.2) is 26.7 Å². The van der Waals surface area contributed by atoms with Crippen molar-refractivity contribution < 1.29 is 16.8 Å². The summed E-state index contributed by atoms with van der Waals surface area (Å²) in [5, 5.41) is 4.88. The lowest BCUT2D eigenvalue weighted by molar-refractivity contribution is 0.572. The molecule has 0 radical (unpaired) electrons. The number of nitrogens with two attached hydrogens (primary N) is 1. The lowest BCUT2D eigenvalue weighted by Gasteiger charge is -2.06. The summed E-state index contributed by atoms with van der Waals surface area (Å²) in [6.07, 6.45) is 0. The van der Waals surface area contributed by atoms with Crippen LogP contribution in [0.1, 0.15) is 13.8 Å². The highest BCUT2D eigenvalue weighted by atomic mass is 32.3. The first-order chi connectivity index (χ1) is 7.13. The number of sulfonamides is 2. The minimum absolute atomic E-state index is 0.0646. The predicted molar refractivity (Wildman–Crippen MR) is 61.1 cm³/mol. The predicted octanol–water partition coefficient (Wildman–Crippen LogP) is 0.0822. The average molecular weight is 284 g/mol. The molecule has 0 spiro atoms. The Bertz CT molecular complexity index is 571. The van der Waals surface area contributed by atoms with Crippen molar-refractivity contribution in [1.29, 1.82) is 0 Å². The minimum atomic E-state index is -3.84. The molecule has 0 unspecified atom stereocenters. The molecule has 0 atom stereocenters. The molecule has 3 N–H and O–H groups in total. The molecule has 0 amide bonds. The number of thiophene rings is 1. The van der Waals surface area contributed by atoms with E-state index in [9.17, 15) is 16.8 Å². The number of hydrogen-bond acceptors (Lipinski definition) is 5. The molecule has 0 saturated heterocycles. The topological polar surface area (TPSA) is 106 Å². The van der Waals surface area contributed by atoms with Crippen molar-refractivity contribution in [2.75, 3.05) is 0 Å². The number of hydrogen-bond donors (Lipinski definition) is 2. The Hall–Kier alpha value is -0.480. The van der Waals surface area contributed by atoms with Crippen molar-refractivity contribution in [3.8, 4) is 0 Å². The summed E-state index contributed by atoms with van der Waals surface area (Å²) in [5.41, 5.74) is 0. The van der Waals surface area contributed by atoms with Crippen molar-refractivity contribution in [2.45, 2.75) is 28.3 Å². The third kappa shape index (κ3) is 3.25. The van der Waals surface area contributed by atoms with Gasteiger partial charge in [0.1, 0.15) is 8.42 Å². The van der Waals surface area contributed by atoms with E-state index in [1.807, 2.05) is 0 Å². The van der Waals surface area contributed by atoms with Gasteiger partial charge in [-0.15, -0.1) is 11.3 Å². The van der Waals surface area contributed by atoms with Gasteiger partial charge < -0.3 is 0 Å². The molecule has 1 aromatic heterocycles. The van der Waals surface area contributed by atoms with Gasteiger partial charge in [0.25, 0.3) is 0 Å². The van der Waals surface area contributed by atoms with Crippen LogP contribution in [0, 0.1) is 0 Å². The molecule has 9 heteroatoms. The SMILES string of the molecule is CC(C)NS(=O)(=O)c1ccc(S(N)(=O)=O)s1. The van der Waals surface area contributed by atoms with Crippen molar-refractivity contribution in [1.82, 2.24) is 4.72 Å². The fraction of sp³-hybridized carbons (Fsp3) is 0.429. The molecule has 0 aliphatic heterocycles. The van der Waals surface area contributed by atoms with Crippen LogP contribution < -0.4 is 9.86 Å². The minimum Gasteiger partial charge on any atom is -0.224 e. The van der Waals surface area contributed by atoms with Gasteiger partial charge in [0, 0.05) is 6.04 Å². The maximum absolute atomic E-state index is 11.6. The highest BCUT2D eigenvalue weighted by Gasteiger charge is 2.20. The molecule has 0 aliphatic carbocycles. The van der Waals surface area contributed by atoms with Crippen LogP contribution in [0.3, 0.4) is 0 Å². The van der Waals surface area contributed by atoms with Crippen LogP contribution >= 0.6 is 11.3 Å². The quantitative estimate of drug-likeness (QED) is 0.816. The fourth-order valence-corrected chi connectivity index (χ4v) is 4.43. The molecule has 1 heterocycles. The van der Waals surface area contributed by atoms with E-state index in [0.29, 0.717) is 11.3 Å². The van der Waals surface area contributed by atoms with E-state index in [1.165, 1.54) is 12.1 Å². The first kappa shape index (κ1) is 13.6. The van der Waals surface area contributed by atoms with Crippen LogP contribution in [-0.4, -0.2) is 22.9 Å². The van der Waals surface area contributed by atoms with E-state index in [0.717, 1.165) is 0 Å². The Morgan fingerprint density at radius 2 is 1.69 bits per heavy atom. The van der Waals surface area contributed by atoms with Crippen LogP contribution in [0.2, 0.25) is 0 Å². The summed E-state index contributed by atoms with van der Waals surface area (Å²) in [6.45, 7) is 3.34. The summed E-state index contributed by atoms with van der Waals surface area (Å²) < 4.78 is 47.3. The number of primary sulfonamides is 1. The molecule has 16 heavy (non-hydrogen) atoms. The molecule has 1 rings (SSSR count). The lowest BCUT2D eigenvalue weighted by atomic mass is 10.4. The van der Waals surface area contributed by atoms with Gasteiger partial charge in [-0.05, 0) is 26.0 Å². The largest absolute Gasteiger partial charge is 0.250 e. The van der Waals surface area contributed by atoms with Gasteiger partial charge in [-0.1, -0.05) is 0 Å². The van der Waals surface area contributed by atoms with Crippen LogP contribution in [0.5, 0.6) is 0 Å². The van der Waals surface area contributed by atoms with Crippen LogP contribution in [0.4, 0.5) is 0 Å². The van der Waals surface area contributed by atoms with Gasteiger partial charge in [-0.3, -0.25) is 0 Å². The van der Waals surface area contributed by atoms with Gasteiger partial charge in [-0.2, -0.15) is 0 Å². The molecule has 0 bridgehead atoms. The van der Waals surface area contributed by atoms with Crippen molar-refractivity contribution in [3.63, 3.8) is 0 Å². The second-order valence-corrected chi connectivity index (χ2v) is 8.21.